The second-order valence-electron chi connectivity index (χ2n) is 10.1. The van der Waals surface area contributed by atoms with E-state index in [1.165, 1.54) is 18.4 Å². The van der Waals surface area contributed by atoms with Crippen LogP contribution in [-0.4, -0.2) is 120 Å². The zero-order valence-corrected chi connectivity index (χ0v) is 21.6. The van der Waals surface area contributed by atoms with Gasteiger partial charge in [-0.2, -0.15) is 0 Å². The highest BCUT2D eigenvalue weighted by molar-refractivity contribution is 5.92. The highest BCUT2D eigenvalue weighted by atomic mass is 19.1. The standard InChI is InChI=1S/C26H39FN6O3/c1-20(2)29(3)16-23(34)17-30-8-10-31(11-9-30)18-25-28-24(19-36-25)26(35)33-14-12-32(13-15-33)22-6-4-21(27)5-7-22/h4-7,19-20,23,34H,8-18H2,1-3H3/t23-/m1/s1. The largest absolute Gasteiger partial charge is 0.447 e. The summed E-state index contributed by atoms with van der Waals surface area (Å²) in [6, 6.07) is 6.87. The summed E-state index contributed by atoms with van der Waals surface area (Å²) in [6.07, 6.45) is 1.10. The Bertz CT molecular complexity index is 968. The SMILES string of the molecule is CC(C)N(C)C[C@@H](O)CN1CCN(Cc2nc(C(=O)N3CCN(c4ccc(F)cc4)CC3)co2)CC1. The van der Waals surface area contributed by atoms with Gasteiger partial charge in [0.1, 0.15) is 12.1 Å². The third-order valence-electron chi connectivity index (χ3n) is 7.20. The molecule has 2 aliphatic rings. The molecular formula is C26H39FN6O3. The van der Waals surface area contributed by atoms with Crippen LogP contribution in [0.2, 0.25) is 0 Å². The van der Waals surface area contributed by atoms with Crippen molar-refractivity contribution in [3.05, 3.63) is 47.9 Å². The molecule has 36 heavy (non-hydrogen) atoms. The lowest BCUT2D eigenvalue weighted by Gasteiger charge is -2.36. The molecule has 2 saturated heterocycles. The van der Waals surface area contributed by atoms with E-state index in [4.69, 9.17) is 4.42 Å². The van der Waals surface area contributed by atoms with E-state index in [2.05, 4.69) is 38.4 Å². The van der Waals surface area contributed by atoms with Crippen LogP contribution in [0.15, 0.2) is 34.9 Å². The number of likely N-dealkylation sites (N-methyl/N-ethyl adjacent to an activating group) is 1. The molecule has 0 bridgehead atoms. The zero-order valence-electron chi connectivity index (χ0n) is 21.6. The maximum absolute atomic E-state index is 13.2. The molecule has 4 rings (SSSR count). The third-order valence-corrected chi connectivity index (χ3v) is 7.20. The van der Waals surface area contributed by atoms with E-state index in [9.17, 15) is 14.3 Å². The average molecular weight is 503 g/mol. The number of hydrogen-bond donors (Lipinski definition) is 1. The Morgan fingerprint density at radius 1 is 1.06 bits per heavy atom. The molecule has 0 radical (unpaired) electrons. The van der Waals surface area contributed by atoms with Gasteiger partial charge >= 0.3 is 0 Å². The van der Waals surface area contributed by atoms with Crippen LogP contribution in [0.3, 0.4) is 0 Å². The number of aromatic nitrogens is 1. The molecule has 3 heterocycles. The van der Waals surface area contributed by atoms with Gasteiger partial charge in [0.25, 0.3) is 5.91 Å². The highest BCUT2D eigenvalue weighted by Gasteiger charge is 2.26. The molecule has 1 atom stereocenters. The molecule has 2 fully saturated rings. The number of aliphatic hydroxyl groups is 1. The molecule has 10 heteroatoms. The van der Waals surface area contributed by atoms with Crippen molar-refractivity contribution in [3.8, 4) is 0 Å². The Kier molecular flexibility index (Phi) is 8.95. The van der Waals surface area contributed by atoms with Crippen LogP contribution >= 0.6 is 0 Å². The van der Waals surface area contributed by atoms with Gasteiger partial charge < -0.3 is 24.2 Å². The average Bonchev–Trinajstić information content (AvgIpc) is 3.33. The zero-order chi connectivity index (χ0) is 25.7. The fraction of sp³-hybridized carbons (Fsp3) is 0.615. The number of piperazine rings is 2. The van der Waals surface area contributed by atoms with Gasteiger partial charge in [0.15, 0.2) is 5.69 Å². The van der Waals surface area contributed by atoms with Gasteiger partial charge in [0, 0.05) is 77.2 Å². The normalized spacial score (nSPS) is 18.9. The summed E-state index contributed by atoms with van der Waals surface area (Å²) in [5.41, 5.74) is 1.31. The monoisotopic (exact) mass is 502 g/mol. The Morgan fingerprint density at radius 3 is 2.33 bits per heavy atom. The van der Waals surface area contributed by atoms with Gasteiger partial charge in [0.05, 0.1) is 12.6 Å². The van der Waals surface area contributed by atoms with Crippen LogP contribution in [0.25, 0.3) is 0 Å². The molecule has 1 N–H and O–H groups in total. The van der Waals surface area contributed by atoms with Gasteiger partial charge in [-0.25, -0.2) is 9.37 Å². The van der Waals surface area contributed by atoms with E-state index < -0.39 is 0 Å². The fourth-order valence-electron chi connectivity index (χ4n) is 4.68. The molecular weight excluding hydrogens is 463 g/mol. The van der Waals surface area contributed by atoms with Crippen molar-refractivity contribution in [2.24, 2.45) is 0 Å². The van der Waals surface area contributed by atoms with Crippen LogP contribution in [0.1, 0.15) is 30.2 Å². The predicted molar refractivity (Wildman–Crippen MR) is 137 cm³/mol. The number of anilines is 1. The van der Waals surface area contributed by atoms with E-state index in [-0.39, 0.29) is 17.8 Å². The quantitative estimate of drug-likeness (QED) is 0.554. The van der Waals surface area contributed by atoms with Crippen molar-refractivity contribution in [1.29, 1.82) is 0 Å². The number of aliphatic hydroxyl groups excluding tert-OH is 1. The third kappa shape index (κ3) is 7.03. The number of hydrogen-bond acceptors (Lipinski definition) is 8. The number of amides is 1. The lowest BCUT2D eigenvalue weighted by molar-refractivity contribution is 0.0469. The predicted octanol–water partition coefficient (Wildman–Crippen LogP) is 1.59. The van der Waals surface area contributed by atoms with E-state index >= 15 is 0 Å². The topological polar surface area (TPSA) is 79.5 Å². The molecule has 0 saturated carbocycles. The first-order valence-electron chi connectivity index (χ1n) is 12.9. The summed E-state index contributed by atoms with van der Waals surface area (Å²) >= 11 is 0. The Hall–Kier alpha value is -2.53. The summed E-state index contributed by atoms with van der Waals surface area (Å²) in [6.45, 7) is 12.2. The van der Waals surface area contributed by atoms with Gasteiger partial charge in [-0.3, -0.25) is 14.6 Å². The van der Waals surface area contributed by atoms with Gasteiger partial charge in [-0.05, 0) is 45.2 Å². The minimum atomic E-state index is -0.359. The summed E-state index contributed by atoms with van der Waals surface area (Å²) < 4.78 is 18.8. The molecule has 198 valence electrons. The number of β-amino-alcohol motifs (C(OH)–C–C–N with tert-alkyl or cyclic N) is 1. The molecule has 9 nitrogen and oxygen atoms in total. The van der Waals surface area contributed by atoms with Crippen LogP contribution in [0, 0.1) is 5.82 Å². The number of carbonyl (C=O) groups is 1. The first kappa shape index (κ1) is 26.5. The molecule has 0 unspecified atom stereocenters. The summed E-state index contributed by atoms with van der Waals surface area (Å²) in [7, 11) is 2.04. The Morgan fingerprint density at radius 2 is 1.69 bits per heavy atom. The number of rotatable bonds is 9. The summed E-state index contributed by atoms with van der Waals surface area (Å²) in [4.78, 5) is 28.1. The van der Waals surface area contributed by atoms with Gasteiger partial charge in [-0.15, -0.1) is 0 Å². The van der Waals surface area contributed by atoms with E-state index in [1.807, 2.05) is 7.05 Å². The first-order valence-corrected chi connectivity index (χ1v) is 12.9. The summed E-state index contributed by atoms with van der Waals surface area (Å²) in [5.74, 6) is 0.185. The van der Waals surface area contributed by atoms with Crippen LogP contribution in [-0.2, 0) is 6.54 Å². The number of oxazole rings is 1. The molecule has 1 aromatic carbocycles. The lowest BCUT2D eigenvalue weighted by Crippen LogP contribution is -2.49. The van der Waals surface area contributed by atoms with E-state index in [1.54, 1.807) is 17.0 Å². The van der Waals surface area contributed by atoms with Crippen molar-refractivity contribution in [1.82, 2.24) is 24.6 Å². The number of carbonyl (C=O) groups excluding carboxylic acids is 1. The van der Waals surface area contributed by atoms with Crippen LogP contribution < -0.4 is 4.90 Å². The molecule has 2 aromatic rings. The van der Waals surface area contributed by atoms with Crippen molar-refractivity contribution in [2.75, 3.05) is 77.4 Å². The summed E-state index contributed by atoms with van der Waals surface area (Å²) in [5, 5.41) is 10.4. The number of halogens is 1. The molecule has 1 aromatic heterocycles. The smallest absolute Gasteiger partial charge is 0.275 e. The first-order chi connectivity index (χ1) is 17.3. The Balaban J connectivity index is 1.20. The molecule has 1 amide bonds. The fourth-order valence-corrected chi connectivity index (χ4v) is 4.68. The van der Waals surface area contributed by atoms with Gasteiger partial charge in [0.2, 0.25) is 5.89 Å². The van der Waals surface area contributed by atoms with Gasteiger partial charge in [-0.1, -0.05) is 0 Å². The minimum absolute atomic E-state index is 0.117. The van der Waals surface area contributed by atoms with Crippen molar-refractivity contribution in [3.63, 3.8) is 0 Å². The highest BCUT2D eigenvalue weighted by Crippen LogP contribution is 2.18. The van der Waals surface area contributed by atoms with Crippen LogP contribution in [0.4, 0.5) is 10.1 Å². The minimum Gasteiger partial charge on any atom is -0.447 e. The van der Waals surface area contributed by atoms with E-state index in [0.29, 0.717) is 63.4 Å². The van der Waals surface area contributed by atoms with E-state index in [0.717, 1.165) is 31.9 Å². The second-order valence-corrected chi connectivity index (χ2v) is 10.1. The molecule has 0 aliphatic carbocycles. The second kappa shape index (κ2) is 12.1. The molecule has 0 spiro atoms. The maximum Gasteiger partial charge on any atom is 0.275 e. The molecule has 2 aliphatic heterocycles. The van der Waals surface area contributed by atoms with Crippen LogP contribution in [0.5, 0.6) is 0 Å². The number of benzene rings is 1. The van der Waals surface area contributed by atoms with Crippen molar-refractivity contribution < 1.29 is 18.7 Å². The van der Waals surface area contributed by atoms with Crippen molar-refractivity contribution in [2.45, 2.75) is 32.5 Å². The maximum atomic E-state index is 13.2. The van der Waals surface area contributed by atoms with Crippen molar-refractivity contribution >= 4 is 11.6 Å². The lowest BCUT2D eigenvalue weighted by atomic mass is 10.2. The number of nitrogens with zero attached hydrogens (tertiary/aromatic N) is 6. The Labute approximate surface area is 213 Å².